The van der Waals surface area contributed by atoms with Crippen molar-refractivity contribution in [3.63, 3.8) is 0 Å². The molecule has 4 atom stereocenters. The number of carboxylic acid groups (broad SMARTS) is 1. The Morgan fingerprint density at radius 1 is 1.14 bits per heavy atom. The van der Waals surface area contributed by atoms with Crippen LogP contribution in [-0.2, 0) is 9.59 Å². The number of aliphatic carboxylic acids is 1. The first-order chi connectivity index (χ1) is 17.3. The zero-order valence-corrected chi connectivity index (χ0v) is 22.0. The summed E-state index contributed by atoms with van der Waals surface area (Å²) in [4.78, 5) is 23.2. The van der Waals surface area contributed by atoms with Crippen molar-refractivity contribution in [2.75, 3.05) is 6.54 Å². The highest BCUT2D eigenvalue weighted by atomic mass is 16.4. The van der Waals surface area contributed by atoms with E-state index < -0.39 is 5.97 Å². The summed E-state index contributed by atoms with van der Waals surface area (Å²) in [6, 6.07) is 0. The van der Waals surface area contributed by atoms with Gasteiger partial charge in [-0.2, -0.15) is 0 Å². The van der Waals surface area contributed by atoms with E-state index in [1.54, 1.807) is 0 Å². The lowest BCUT2D eigenvalue weighted by Crippen LogP contribution is -2.32. The second-order valence-electron chi connectivity index (χ2n) is 9.97. The van der Waals surface area contributed by atoms with Crippen molar-refractivity contribution in [2.24, 2.45) is 23.7 Å². The quantitative estimate of drug-likeness (QED) is 0.291. The molecule has 2 N–H and O–H groups in total. The van der Waals surface area contributed by atoms with Crippen molar-refractivity contribution in [3.8, 4) is 0 Å². The number of hydrogen-bond donors (Lipinski definition) is 2. The lowest BCUT2D eigenvalue weighted by molar-refractivity contribution is -0.137. The molecule has 0 heterocycles. The third-order valence-corrected chi connectivity index (χ3v) is 7.65. The van der Waals surface area contributed by atoms with Crippen molar-refractivity contribution in [3.05, 3.63) is 95.2 Å². The number of carbonyl (C=O) groups is 2. The minimum absolute atomic E-state index is 0.0614. The fourth-order valence-electron chi connectivity index (χ4n) is 5.37. The molecule has 0 aromatic carbocycles. The predicted molar refractivity (Wildman–Crippen MR) is 148 cm³/mol. The lowest BCUT2D eigenvalue weighted by Gasteiger charge is -2.35. The summed E-state index contributed by atoms with van der Waals surface area (Å²) in [5.41, 5.74) is 6.79. The van der Waals surface area contributed by atoms with Crippen LogP contribution in [0.25, 0.3) is 0 Å². The fourth-order valence-corrected chi connectivity index (χ4v) is 5.37. The number of fused-ring (bicyclic) bond motifs is 1. The smallest absolute Gasteiger partial charge is 0.305 e. The molecule has 0 saturated heterocycles. The van der Waals surface area contributed by atoms with Crippen LogP contribution in [0.3, 0.4) is 0 Å². The summed E-state index contributed by atoms with van der Waals surface area (Å²) in [5, 5.41) is 11.6. The number of hydrogen-bond acceptors (Lipinski definition) is 2. The Hall–Kier alpha value is -3.14. The molecule has 3 rings (SSSR count). The van der Waals surface area contributed by atoms with Crippen LogP contribution in [0, 0.1) is 23.7 Å². The molecular weight excluding hydrogens is 446 g/mol. The highest BCUT2D eigenvalue weighted by Crippen LogP contribution is 2.43. The third-order valence-electron chi connectivity index (χ3n) is 7.65. The SMILES string of the molecule is C=C(CC)CC/C(=C\C)C(C1=C2C=CC=CC2CC=C1)C(C)C1=CCC(C(=O)NCCC(=O)O)C=C1. The summed E-state index contributed by atoms with van der Waals surface area (Å²) < 4.78 is 0. The highest BCUT2D eigenvalue weighted by molar-refractivity contribution is 5.81. The monoisotopic (exact) mass is 487 g/mol. The van der Waals surface area contributed by atoms with Crippen molar-refractivity contribution in [1.82, 2.24) is 5.32 Å². The first-order valence-corrected chi connectivity index (χ1v) is 13.3. The van der Waals surface area contributed by atoms with Gasteiger partial charge in [0.2, 0.25) is 5.91 Å². The topological polar surface area (TPSA) is 66.4 Å². The summed E-state index contributed by atoms with van der Waals surface area (Å²) in [6.45, 7) is 11.0. The van der Waals surface area contributed by atoms with E-state index in [9.17, 15) is 9.59 Å². The molecule has 0 aliphatic heterocycles. The Labute approximate surface area is 216 Å². The average molecular weight is 488 g/mol. The Morgan fingerprint density at radius 2 is 1.94 bits per heavy atom. The Kier molecular flexibility index (Phi) is 10.1. The van der Waals surface area contributed by atoms with Crippen molar-refractivity contribution < 1.29 is 14.7 Å². The van der Waals surface area contributed by atoms with E-state index in [4.69, 9.17) is 5.11 Å². The molecule has 3 aliphatic rings. The standard InChI is InChI=1S/C32H41NO3/c1-5-22(3)14-15-24(6-2)31(29-13-9-11-26-10-7-8-12-28(26)29)23(4)25-16-18-27(19-17-25)32(36)33-21-20-30(34)35/h6-10,12-13,16-18,23,26-27,31H,3,5,11,14-15,19-21H2,1-2,4H3,(H,33,36)(H,34,35)/b24-6+. The van der Waals surface area contributed by atoms with Gasteiger partial charge in [-0.3, -0.25) is 9.59 Å². The van der Waals surface area contributed by atoms with Gasteiger partial charge in [-0.1, -0.05) is 92.3 Å². The van der Waals surface area contributed by atoms with Crippen LogP contribution >= 0.6 is 0 Å². The van der Waals surface area contributed by atoms with Gasteiger partial charge in [0.05, 0.1) is 12.3 Å². The van der Waals surface area contributed by atoms with E-state index in [0.29, 0.717) is 12.3 Å². The lowest BCUT2D eigenvalue weighted by atomic mass is 9.69. The summed E-state index contributed by atoms with van der Waals surface area (Å²) in [6.07, 6.45) is 26.7. The summed E-state index contributed by atoms with van der Waals surface area (Å²) >= 11 is 0. The number of allylic oxidation sites excluding steroid dienone is 14. The van der Waals surface area contributed by atoms with E-state index in [2.05, 4.69) is 87.4 Å². The van der Waals surface area contributed by atoms with Gasteiger partial charge in [0, 0.05) is 18.4 Å². The van der Waals surface area contributed by atoms with E-state index >= 15 is 0 Å². The van der Waals surface area contributed by atoms with Gasteiger partial charge in [0.25, 0.3) is 0 Å². The van der Waals surface area contributed by atoms with Crippen LogP contribution in [0.4, 0.5) is 0 Å². The molecule has 0 spiro atoms. The molecule has 4 unspecified atom stereocenters. The molecule has 0 radical (unpaired) electrons. The molecular formula is C32H41NO3. The van der Waals surface area contributed by atoms with Crippen LogP contribution in [0.15, 0.2) is 95.2 Å². The van der Waals surface area contributed by atoms with Crippen molar-refractivity contribution >= 4 is 11.9 Å². The molecule has 192 valence electrons. The van der Waals surface area contributed by atoms with Gasteiger partial charge in [-0.05, 0) is 61.7 Å². The van der Waals surface area contributed by atoms with Crippen LogP contribution < -0.4 is 5.32 Å². The van der Waals surface area contributed by atoms with Gasteiger partial charge in [0.15, 0.2) is 0 Å². The maximum atomic E-state index is 12.5. The van der Waals surface area contributed by atoms with Gasteiger partial charge in [0.1, 0.15) is 0 Å². The fraction of sp³-hybridized carbons (Fsp3) is 0.438. The molecule has 0 saturated carbocycles. The normalized spacial score (nSPS) is 22.6. The molecule has 1 amide bonds. The summed E-state index contributed by atoms with van der Waals surface area (Å²) in [5.74, 6) is -0.332. The van der Waals surface area contributed by atoms with E-state index in [-0.39, 0.29) is 36.6 Å². The number of rotatable bonds is 12. The number of amides is 1. The highest BCUT2D eigenvalue weighted by Gasteiger charge is 2.31. The third kappa shape index (κ3) is 6.96. The van der Waals surface area contributed by atoms with E-state index in [0.717, 1.165) is 25.7 Å². The van der Waals surface area contributed by atoms with Gasteiger partial charge < -0.3 is 10.4 Å². The molecule has 4 heteroatoms. The molecule has 4 nitrogen and oxygen atoms in total. The Balaban J connectivity index is 1.84. The number of carbonyl (C=O) groups excluding carboxylic acids is 1. The van der Waals surface area contributed by atoms with Gasteiger partial charge in [-0.25, -0.2) is 0 Å². The van der Waals surface area contributed by atoms with Crippen LogP contribution in [0.2, 0.25) is 0 Å². The Morgan fingerprint density at radius 3 is 2.61 bits per heavy atom. The zero-order valence-electron chi connectivity index (χ0n) is 22.0. The maximum absolute atomic E-state index is 12.5. The first-order valence-electron chi connectivity index (χ1n) is 13.3. The van der Waals surface area contributed by atoms with E-state index in [1.807, 2.05) is 6.08 Å². The van der Waals surface area contributed by atoms with Gasteiger partial charge >= 0.3 is 5.97 Å². The van der Waals surface area contributed by atoms with Crippen LogP contribution in [-0.4, -0.2) is 23.5 Å². The summed E-state index contributed by atoms with van der Waals surface area (Å²) in [7, 11) is 0. The molecule has 36 heavy (non-hydrogen) atoms. The van der Waals surface area contributed by atoms with Crippen molar-refractivity contribution in [1.29, 1.82) is 0 Å². The van der Waals surface area contributed by atoms with Crippen LogP contribution in [0.1, 0.15) is 59.3 Å². The second-order valence-corrected chi connectivity index (χ2v) is 9.97. The average Bonchev–Trinajstić information content (AvgIpc) is 2.90. The maximum Gasteiger partial charge on any atom is 0.305 e. The zero-order chi connectivity index (χ0) is 26.1. The largest absolute Gasteiger partial charge is 0.481 e. The molecule has 0 aromatic rings. The minimum atomic E-state index is -0.906. The minimum Gasteiger partial charge on any atom is -0.481 e. The Bertz CT molecular complexity index is 1060. The number of nitrogens with one attached hydrogen (secondary N) is 1. The second kappa shape index (κ2) is 13.2. The molecule has 0 bridgehead atoms. The first kappa shape index (κ1) is 27.4. The molecule has 0 aromatic heterocycles. The van der Waals surface area contributed by atoms with Gasteiger partial charge in [-0.15, -0.1) is 0 Å². The number of carboxylic acids is 1. The van der Waals surface area contributed by atoms with E-state index in [1.165, 1.54) is 27.9 Å². The molecule has 0 fully saturated rings. The van der Waals surface area contributed by atoms with Crippen molar-refractivity contribution in [2.45, 2.75) is 59.3 Å². The predicted octanol–water partition coefficient (Wildman–Crippen LogP) is 7.02. The van der Waals surface area contributed by atoms with Crippen LogP contribution in [0.5, 0.6) is 0 Å². The molecule has 3 aliphatic carbocycles.